The fraction of sp³-hybridized carbons (Fsp3) is 0.538. The zero-order valence-corrected chi connectivity index (χ0v) is 13.9. The number of carbonyl (C=O) groups is 1. The van der Waals surface area contributed by atoms with Gasteiger partial charge in [-0.15, -0.1) is 16.8 Å². The molecule has 7 nitrogen and oxygen atoms in total. The average molecular weight is 347 g/mol. The van der Waals surface area contributed by atoms with Crippen molar-refractivity contribution in [2.75, 3.05) is 31.9 Å². The van der Waals surface area contributed by atoms with E-state index in [0.29, 0.717) is 31.0 Å². The van der Waals surface area contributed by atoms with Crippen molar-refractivity contribution >= 4 is 34.2 Å². The van der Waals surface area contributed by atoms with E-state index in [0.717, 1.165) is 6.54 Å². The Kier molecular flexibility index (Phi) is 4.93. The molecule has 1 fully saturated rings. The molecule has 0 aromatic carbocycles. The lowest BCUT2D eigenvalue weighted by molar-refractivity contribution is -0.127. The molecule has 1 amide bonds. The SMILES string of the molecule is CC1CN(C(=O)C2=CN3CCS(=O)(=O)N=C3C=C2)CCN1.Cl. The fourth-order valence-corrected chi connectivity index (χ4v) is 3.60. The Morgan fingerprint density at radius 1 is 1.36 bits per heavy atom. The molecule has 0 spiro atoms. The van der Waals surface area contributed by atoms with Gasteiger partial charge in [0, 0.05) is 38.4 Å². The monoisotopic (exact) mass is 346 g/mol. The van der Waals surface area contributed by atoms with Gasteiger partial charge in [0.25, 0.3) is 15.9 Å². The Morgan fingerprint density at radius 3 is 2.86 bits per heavy atom. The number of amides is 1. The molecule has 0 aromatic rings. The molecule has 22 heavy (non-hydrogen) atoms. The van der Waals surface area contributed by atoms with Gasteiger partial charge in [0.15, 0.2) is 0 Å². The van der Waals surface area contributed by atoms with E-state index in [1.54, 1.807) is 23.3 Å². The van der Waals surface area contributed by atoms with E-state index in [1.807, 2.05) is 11.8 Å². The summed E-state index contributed by atoms with van der Waals surface area (Å²) in [5.41, 5.74) is 0.572. The van der Waals surface area contributed by atoms with Crippen molar-refractivity contribution in [3.63, 3.8) is 0 Å². The van der Waals surface area contributed by atoms with Crippen LogP contribution in [0.5, 0.6) is 0 Å². The van der Waals surface area contributed by atoms with Crippen LogP contribution in [0.4, 0.5) is 0 Å². The van der Waals surface area contributed by atoms with Crippen LogP contribution in [0.15, 0.2) is 28.3 Å². The lowest BCUT2D eigenvalue weighted by Gasteiger charge is -2.33. The molecule has 0 saturated carbocycles. The van der Waals surface area contributed by atoms with Gasteiger partial charge in [-0.1, -0.05) is 0 Å². The lowest BCUT2D eigenvalue weighted by atomic mass is 10.1. The van der Waals surface area contributed by atoms with Gasteiger partial charge in [0.05, 0.1) is 11.3 Å². The van der Waals surface area contributed by atoms with Crippen LogP contribution in [-0.2, 0) is 14.8 Å². The van der Waals surface area contributed by atoms with Crippen molar-refractivity contribution in [1.82, 2.24) is 15.1 Å². The number of fused-ring (bicyclic) bond motifs is 1. The molecular weight excluding hydrogens is 328 g/mol. The number of sulfonamides is 1. The molecular formula is C13H19ClN4O3S. The topological polar surface area (TPSA) is 82.1 Å². The number of piperazine rings is 1. The van der Waals surface area contributed by atoms with Gasteiger partial charge in [-0.2, -0.15) is 0 Å². The van der Waals surface area contributed by atoms with Crippen molar-refractivity contribution in [3.05, 3.63) is 23.9 Å². The predicted octanol–water partition coefficient (Wildman–Crippen LogP) is -0.274. The largest absolute Gasteiger partial charge is 0.336 e. The first-order valence-corrected chi connectivity index (χ1v) is 8.57. The molecule has 0 aliphatic carbocycles. The summed E-state index contributed by atoms with van der Waals surface area (Å²) in [7, 11) is -3.36. The highest BCUT2D eigenvalue weighted by molar-refractivity contribution is 7.90. The quantitative estimate of drug-likeness (QED) is 0.706. The second kappa shape index (κ2) is 6.39. The number of nitrogens with one attached hydrogen (secondary N) is 1. The summed E-state index contributed by atoms with van der Waals surface area (Å²) < 4.78 is 26.6. The van der Waals surface area contributed by atoms with E-state index >= 15 is 0 Å². The van der Waals surface area contributed by atoms with Gasteiger partial charge < -0.3 is 15.1 Å². The van der Waals surface area contributed by atoms with Crippen molar-refractivity contribution in [3.8, 4) is 0 Å². The number of halogens is 1. The van der Waals surface area contributed by atoms with Crippen molar-refractivity contribution in [2.24, 2.45) is 4.40 Å². The first-order chi connectivity index (χ1) is 9.94. The van der Waals surface area contributed by atoms with E-state index in [1.165, 1.54) is 0 Å². The third-order valence-electron chi connectivity index (χ3n) is 3.73. The Balaban J connectivity index is 0.00000176. The van der Waals surface area contributed by atoms with Crippen LogP contribution in [0.1, 0.15) is 6.92 Å². The highest BCUT2D eigenvalue weighted by Crippen LogP contribution is 2.17. The van der Waals surface area contributed by atoms with Gasteiger partial charge >= 0.3 is 0 Å². The molecule has 1 atom stereocenters. The Labute approximate surface area is 136 Å². The minimum absolute atomic E-state index is 0. The number of hydrogen-bond donors (Lipinski definition) is 1. The highest BCUT2D eigenvalue weighted by atomic mass is 35.5. The van der Waals surface area contributed by atoms with Crippen LogP contribution in [0, 0.1) is 0 Å². The van der Waals surface area contributed by atoms with E-state index in [9.17, 15) is 13.2 Å². The summed E-state index contributed by atoms with van der Waals surface area (Å²) in [6.45, 7) is 4.53. The zero-order valence-electron chi connectivity index (χ0n) is 12.2. The second-order valence-corrected chi connectivity index (χ2v) is 7.21. The fourth-order valence-electron chi connectivity index (χ4n) is 2.63. The third-order valence-corrected chi connectivity index (χ3v) is 4.89. The summed E-state index contributed by atoms with van der Waals surface area (Å²) in [6, 6.07) is 0.285. The maximum atomic E-state index is 12.5. The molecule has 1 N–H and O–H groups in total. The van der Waals surface area contributed by atoms with Crippen LogP contribution >= 0.6 is 12.4 Å². The van der Waals surface area contributed by atoms with E-state index in [-0.39, 0.29) is 30.1 Å². The zero-order chi connectivity index (χ0) is 15.0. The summed E-state index contributed by atoms with van der Waals surface area (Å²) in [5.74, 6) is 0.339. The Morgan fingerprint density at radius 2 is 2.14 bits per heavy atom. The van der Waals surface area contributed by atoms with Gasteiger partial charge in [0.2, 0.25) is 0 Å². The van der Waals surface area contributed by atoms with Gasteiger partial charge in [0.1, 0.15) is 5.84 Å². The number of rotatable bonds is 1. The standard InChI is InChI=1S/C13H18N4O3S.ClH/c1-10-8-17(5-4-14-10)13(18)11-2-3-12-15-21(19,20)7-6-16(12)9-11;/h2-3,9-10,14H,4-8H2,1H3;1H. The van der Waals surface area contributed by atoms with Gasteiger partial charge in [-0.25, -0.2) is 8.42 Å². The predicted molar refractivity (Wildman–Crippen MR) is 86.4 cm³/mol. The lowest BCUT2D eigenvalue weighted by Crippen LogP contribution is -2.52. The number of nitrogens with zero attached hydrogens (tertiary/aromatic N) is 3. The first kappa shape index (κ1) is 17.0. The summed E-state index contributed by atoms with van der Waals surface area (Å²) in [6.07, 6.45) is 4.93. The van der Waals surface area contributed by atoms with Crippen LogP contribution in [0.2, 0.25) is 0 Å². The molecule has 3 aliphatic rings. The van der Waals surface area contributed by atoms with Crippen LogP contribution < -0.4 is 5.32 Å². The molecule has 3 heterocycles. The second-order valence-electron chi connectivity index (χ2n) is 5.45. The normalized spacial score (nSPS) is 26.5. The molecule has 0 radical (unpaired) electrons. The third kappa shape index (κ3) is 3.50. The molecule has 1 saturated heterocycles. The molecule has 122 valence electrons. The van der Waals surface area contributed by atoms with E-state index < -0.39 is 10.0 Å². The van der Waals surface area contributed by atoms with Gasteiger partial charge in [-0.3, -0.25) is 4.79 Å². The molecule has 3 rings (SSSR count). The maximum absolute atomic E-state index is 12.5. The number of hydrogen-bond acceptors (Lipinski definition) is 5. The summed E-state index contributed by atoms with van der Waals surface area (Å²) >= 11 is 0. The maximum Gasteiger partial charge on any atom is 0.256 e. The van der Waals surface area contributed by atoms with E-state index in [2.05, 4.69) is 9.71 Å². The van der Waals surface area contributed by atoms with Crippen molar-refractivity contribution in [2.45, 2.75) is 13.0 Å². The molecule has 0 aromatic heterocycles. The minimum Gasteiger partial charge on any atom is -0.336 e. The Bertz CT molecular complexity index is 656. The van der Waals surface area contributed by atoms with Crippen LogP contribution in [-0.4, -0.2) is 67.9 Å². The number of amidine groups is 1. The molecule has 0 bridgehead atoms. The number of carbonyl (C=O) groups excluding carboxylic acids is 1. The average Bonchev–Trinajstić information content (AvgIpc) is 2.45. The minimum atomic E-state index is -3.36. The van der Waals surface area contributed by atoms with Gasteiger partial charge in [-0.05, 0) is 19.1 Å². The van der Waals surface area contributed by atoms with Crippen molar-refractivity contribution in [1.29, 1.82) is 0 Å². The van der Waals surface area contributed by atoms with Crippen LogP contribution in [0.3, 0.4) is 0 Å². The smallest absolute Gasteiger partial charge is 0.256 e. The Hall–Kier alpha value is -1.38. The molecule has 9 heteroatoms. The van der Waals surface area contributed by atoms with Crippen molar-refractivity contribution < 1.29 is 13.2 Å². The van der Waals surface area contributed by atoms with E-state index in [4.69, 9.17) is 0 Å². The first-order valence-electron chi connectivity index (χ1n) is 6.96. The highest BCUT2D eigenvalue weighted by Gasteiger charge is 2.27. The molecule has 1 unspecified atom stereocenters. The van der Waals surface area contributed by atoms with Crippen LogP contribution in [0.25, 0.3) is 0 Å². The molecule has 3 aliphatic heterocycles. The summed E-state index contributed by atoms with van der Waals surface area (Å²) in [5, 5.41) is 3.30. The summed E-state index contributed by atoms with van der Waals surface area (Å²) in [4.78, 5) is 16.0.